The van der Waals surface area contributed by atoms with Gasteiger partial charge in [0, 0.05) is 17.8 Å². The average molecular weight is 229 g/mol. The first-order chi connectivity index (χ1) is 7.08. The molecule has 0 saturated carbocycles. The van der Waals surface area contributed by atoms with E-state index in [4.69, 9.17) is 17.3 Å². The van der Waals surface area contributed by atoms with Crippen molar-refractivity contribution < 1.29 is 5.11 Å². The third-order valence-corrected chi connectivity index (χ3v) is 2.74. The number of phenols is 1. The Hall–Kier alpha value is -0.930. The smallest absolute Gasteiger partial charge is 0.138 e. The Balaban J connectivity index is 2.93. The molecule has 3 N–H and O–H groups in total. The molecule has 0 fully saturated rings. The molecule has 0 spiro atoms. The minimum Gasteiger partial charge on any atom is -0.506 e. The highest BCUT2D eigenvalue weighted by Crippen LogP contribution is 2.30. The van der Waals surface area contributed by atoms with Gasteiger partial charge in [0.15, 0.2) is 0 Å². The normalized spacial score (nSPS) is 10.9. The van der Waals surface area contributed by atoms with Gasteiger partial charge in [-0.25, -0.2) is 0 Å². The van der Waals surface area contributed by atoms with Crippen LogP contribution in [0.1, 0.15) is 19.4 Å². The van der Waals surface area contributed by atoms with Crippen molar-refractivity contribution in [3.05, 3.63) is 22.7 Å². The molecule has 0 aromatic heterocycles. The molecule has 15 heavy (non-hydrogen) atoms. The SMILES string of the molecule is CCN(CC)Cc1cc(N)cc(Cl)c1O. The second-order valence-corrected chi connectivity index (χ2v) is 3.88. The monoisotopic (exact) mass is 228 g/mol. The Morgan fingerprint density at radius 3 is 2.47 bits per heavy atom. The van der Waals surface area contributed by atoms with Gasteiger partial charge in [0.1, 0.15) is 5.75 Å². The second kappa shape index (κ2) is 5.24. The summed E-state index contributed by atoms with van der Waals surface area (Å²) in [5, 5.41) is 10.1. The van der Waals surface area contributed by atoms with Crippen LogP contribution in [0.15, 0.2) is 12.1 Å². The molecule has 1 aromatic rings. The van der Waals surface area contributed by atoms with Gasteiger partial charge >= 0.3 is 0 Å². The summed E-state index contributed by atoms with van der Waals surface area (Å²) < 4.78 is 0. The Labute approximate surface area is 95.5 Å². The van der Waals surface area contributed by atoms with Crippen LogP contribution in [0, 0.1) is 0 Å². The third-order valence-electron chi connectivity index (χ3n) is 2.45. The van der Waals surface area contributed by atoms with Crippen molar-refractivity contribution in [1.82, 2.24) is 4.90 Å². The molecule has 1 aromatic carbocycles. The molecule has 4 heteroatoms. The second-order valence-electron chi connectivity index (χ2n) is 3.47. The number of nitrogen functional groups attached to an aromatic ring is 1. The van der Waals surface area contributed by atoms with Gasteiger partial charge in [-0.15, -0.1) is 0 Å². The number of benzene rings is 1. The molecular weight excluding hydrogens is 212 g/mol. The van der Waals surface area contributed by atoms with Gasteiger partial charge in [0.25, 0.3) is 0 Å². The predicted octanol–water partition coefficient (Wildman–Crippen LogP) is 2.47. The van der Waals surface area contributed by atoms with E-state index in [1.165, 1.54) is 0 Å². The van der Waals surface area contributed by atoms with E-state index in [1.807, 2.05) is 0 Å². The van der Waals surface area contributed by atoms with Gasteiger partial charge < -0.3 is 10.8 Å². The van der Waals surface area contributed by atoms with E-state index in [2.05, 4.69) is 18.7 Å². The van der Waals surface area contributed by atoms with E-state index < -0.39 is 0 Å². The van der Waals surface area contributed by atoms with E-state index in [0.717, 1.165) is 18.7 Å². The lowest BCUT2D eigenvalue weighted by Gasteiger charge is -2.19. The molecule has 0 aliphatic heterocycles. The molecule has 0 bridgehead atoms. The minimum atomic E-state index is 0.137. The fraction of sp³-hybridized carbons (Fsp3) is 0.455. The van der Waals surface area contributed by atoms with E-state index >= 15 is 0 Å². The molecule has 0 saturated heterocycles. The molecule has 1 rings (SSSR count). The highest BCUT2D eigenvalue weighted by atomic mass is 35.5. The average Bonchev–Trinajstić information content (AvgIpc) is 2.21. The van der Waals surface area contributed by atoms with Crippen LogP contribution < -0.4 is 5.73 Å². The number of halogens is 1. The van der Waals surface area contributed by atoms with Crippen molar-refractivity contribution in [2.45, 2.75) is 20.4 Å². The van der Waals surface area contributed by atoms with Crippen LogP contribution in [-0.2, 0) is 6.54 Å². The summed E-state index contributed by atoms with van der Waals surface area (Å²) in [6.07, 6.45) is 0. The van der Waals surface area contributed by atoms with Gasteiger partial charge in [0.2, 0.25) is 0 Å². The highest BCUT2D eigenvalue weighted by molar-refractivity contribution is 6.32. The molecule has 0 aliphatic carbocycles. The number of hydrogen-bond acceptors (Lipinski definition) is 3. The Morgan fingerprint density at radius 1 is 1.33 bits per heavy atom. The fourth-order valence-electron chi connectivity index (χ4n) is 1.49. The van der Waals surface area contributed by atoms with Gasteiger partial charge in [-0.3, -0.25) is 4.90 Å². The van der Waals surface area contributed by atoms with Crippen molar-refractivity contribution in [2.24, 2.45) is 0 Å². The lowest BCUT2D eigenvalue weighted by Crippen LogP contribution is -2.22. The van der Waals surface area contributed by atoms with E-state index in [9.17, 15) is 5.11 Å². The van der Waals surface area contributed by atoms with Crippen molar-refractivity contribution in [2.75, 3.05) is 18.8 Å². The standard InChI is InChI=1S/C11H17ClN2O/c1-3-14(4-2)7-8-5-9(13)6-10(12)11(8)15/h5-6,15H,3-4,7,13H2,1-2H3. The summed E-state index contributed by atoms with van der Waals surface area (Å²) in [4.78, 5) is 2.19. The van der Waals surface area contributed by atoms with Crippen LogP contribution >= 0.6 is 11.6 Å². The Kier molecular flexibility index (Phi) is 4.24. The number of anilines is 1. The third kappa shape index (κ3) is 3.01. The number of rotatable bonds is 4. The molecule has 0 unspecified atom stereocenters. The number of hydrogen-bond donors (Lipinski definition) is 2. The molecule has 0 aliphatic rings. The van der Waals surface area contributed by atoms with E-state index in [0.29, 0.717) is 17.3 Å². The summed E-state index contributed by atoms with van der Waals surface area (Å²) in [6.45, 7) is 6.69. The first-order valence-corrected chi connectivity index (χ1v) is 5.45. The summed E-state index contributed by atoms with van der Waals surface area (Å²) in [7, 11) is 0. The van der Waals surface area contributed by atoms with Crippen molar-refractivity contribution in [1.29, 1.82) is 0 Å². The Morgan fingerprint density at radius 2 is 1.93 bits per heavy atom. The fourth-order valence-corrected chi connectivity index (χ4v) is 1.74. The van der Waals surface area contributed by atoms with Crippen molar-refractivity contribution >= 4 is 17.3 Å². The first-order valence-electron chi connectivity index (χ1n) is 5.07. The summed E-state index contributed by atoms with van der Waals surface area (Å²) in [5.41, 5.74) is 7.04. The topological polar surface area (TPSA) is 49.5 Å². The summed E-state index contributed by atoms with van der Waals surface area (Å²) >= 11 is 5.84. The van der Waals surface area contributed by atoms with Crippen LogP contribution in [-0.4, -0.2) is 23.1 Å². The maximum absolute atomic E-state index is 9.75. The first kappa shape index (κ1) is 12.1. The van der Waals surface area contributed by atoms with Crippen molar-refractivity contribution in [3.8, 4) is 5.75 Å². The molecule has 0 atom stereocenters. The van der Waals surface area contributed by atoms with Gasteiger partial charge in [-0.1, -0.05) is 25.4 Å². The molecule has 3 nitrogen and oxygen atoms in total. The molecule has 0 radical (unpaired) electrons. The van der Waals surface area contributed by atoms with Gasteiger partial charge in [0.05, 0.1) is 5.02 Å². The Bertz CT molecular complexity index is 338. The van der Waals surface area contributed by atoms with Crippen LogP contribution in [0.4, 0.5) is 5.69 Å². The number of aromatic hydroxyl groups is 1. The molecular formula is C11H17ClN2O. The molecule has 0 heterocycles. The van der Waals surface area contributed by atoms with Gasteiger partial charge in [-0.2, -0.15) is 0 Å². The zero-order valence-electron chi connectivity index (χ0n) is 9.13. The lowest BCUT2D eigenvalue weighted by atomic mass is 10.1. The molecule has 84 valence electrons. The van der Waals surface area contributed by atoms with Crippen molar-refractivity contribution in [3.63, 3.8) is 0 Å². The number of nitrogens with two attached hydrogens (primary N) is 1. The summed E-state index contributed by atoms with van der Waals surface area (Å²) in [5.74, 6) is 0.137. The quantitative estimate of drug-likeness (QED) is 0.615. The lowest BCUT2D eigenvalue weighted by molar-refractivity contribution is 0.291. The van der Waals surface area contributed by atoms with E-state index in [-0.39, 0.29) is 5.75 Å². The highest BCUT2D eigenvalue weighted by Gasteiger charge is 2.09. The predicted molar refractivity (Wildman–Crippen MR) is 64.2 cm³/mol. The maximum atomic E-state index is 9.75. The van der Waals surface area contributed by atoms with Crippen LogP contribution in [0.5, 0.6) is 5.75 Å². The van der Waals surface area contributed by atoms with Crippen LogP contribution in [0.2, 0.25) is 5.02 Å². The van der Waals surface area contributed by atoms with Crippen LogP contribution in [0.25, 0.3) is 0 Å². The number of phenolic OH excluding ortho intramolecular Hbond substituents is 1. The van der Waals surface area contributed by atoms with Gasteiger partial charge in [-0.05, 0) is 25.2 Å². The summed E-state index contributed by atoms with van der Waals surface area (Å²) in [6, 6.07) is 3.32. The zero-order valence-corrected chi connectivity index (χ0v) is 9.88. The molecule has 0 amide bonds. The minimum absolute atomic E-state index is 0.137. The van der Waals surface area contributed by atoms with Crippen LogP contribution in [0.3, 0.4) is 0 Å². The maximum Gasteiger partial charge on any atom is 0.138 e. The van der Waals surface area contributed by atoms with E-state index in [1.54, 1.807) is 12.1 Å². The largest absolute Gasteiger partial charge is 0.506 e. The zero-order chi connectivity index (χ0) is 11.4. The number of nitrogens with zero attached hydrogens (tertiary/aromatic N) is 1.